The Hall–Kier alpha value is -1.64. The van der Waals surface area contributed by atoms with Gasteiger partial charge in [-0.25, -0.2) is 9.78 Å². The first-order valence-electron chi connectivity index (χ1n) is 5.96. The van der Waals surface area contributed by atoms with Crippen molar-refractivity contribution in [1.29, 1.82) is 0 Å². The van der Waals surface area contributed by atoms with Crippen molar-refractivity contribution in [2.24, 2.45) is 0 Å². The van der Waals surface area contributed by atoms with E-state index in [0.717, 1.165) is 11.3 Å². The molecular weight excluding hydrogens is 309 g/mol. The predicted molar refractivity (Wildman–Crippen MR) is 70.4 cm³/mol. The minimum atomic E-state index is -4.68. The maximum atomic E-state index is 12.3. The molecule has 0 aliphatic carbocycles. The van der Waals surface area contributed by atoms with Gasteiger partial charge in [-0.05, 0) is 0 Å². The molecule has 1 rings (SSSR count). The van der Waals surface area contributed by atoms with E-state index in [9.17, 15) is 22.8 Å². The number of hydrogen-bond donors (Lipinski definition) is 2. The van der Waals surface area contributed by atoms with Crippen LogP contribution in [0.3, 0.4) is 0 Å². The van der Waals surface area contributed by atoms with Gasteiger partial charge in [0.05, 0.1) is 17.6 Å². The Balaban J connectivity index is 2.94. The fourth-order valence-corrected chi connectivity index (χ4v) is 2.50. The maximum absolute atomic E-state index is 12.3. The highest BCUT2D eigenvalue weighted by atomic mass is 32.1. The highest BCUT2D eigenvalue weighted by Crippen LogP contribution is 2.27. The second-order valence-corrected chi connectivity index (χ2v) is 6.32. The van der Waals surface area contributed by atoms with Gasteiger partial charge in [-0.1, -0.05) is 20.8 Å². The number of amides is 1. The number of carboxylic acids is 1. The van der Waals surface area contributed by atoms with Crippen LogP contribution >= 0.6 is 11.3 Å². The smallest absolute Gasteiger partial charge is 0.391 e. The first-order chi connectivity index (χ1) is 9.42. The topological polar surface area (TPSA) is 79.3 Å². The first kappa shape index (κ1) is 17.4. The zero-order valence-corrected chi connectivity index (χ0v) is 12.4. The van der Waals surface area contributed by atoms with Crippen molar-refractivity contribution in [2.45, 2.75) is 44.8 Å². The highest BCUT2D eigenvalue weighted by Gasteiger charge is 2.37. The summed E-state index contributed by atoms with van der Waals surface area (Å²) in [6.07, 6.45) is -6.31. The maximum Gasteiger partial charge on any atom is 0.391 e. The number of nitrogens with zero attached hydrogens (tertiary/aromatic N) is 1. The third kappa shape index (κ3) is 5.00. The number of aliphatic carboxylic acids is 1. The lowest BCUT2D eigenvalue weighted by Crippen LogP contribution is -2.43. The molecule has 1 aromatic heterocycles. The Morgan fingerprint density at radius 1 is 1.38 bits per heavy atom. The van der Waals surface area contributed by atoms with Gasteiger partial charge in [-0.15, -0.1) is 11.3 Å². The standard InChI is InChI=1S/C12H15F3N2O3S/c1-11(2,3)8-7(21-5-16-8)9(18)17-6(10(19)20)4-12(13,14)15/h5-6H,4H2,1-3H3,(H,17,18)(H,19,20). The summed E-state index contributed by atoms with van der Waals surface area (Å²) in [5.41, 5.74) is 1.34. The van der Waals surface area contributed by atoms with Crippen LogP contribution < -0.4 is 5.32 Å². The second-order valence-electron chi connectivity index (χ2n) is 5.46. The number of alkyl halides is 3. The molecule has 1 amide bonds. The lowest BCUT2D eigenvalue weighted by Gasteiger charge is -2.19. The first-order valence-corrected chi connectivity index (χ1v) is 6.84. The van der Waals surface area contributed by atoms with Crippen molar-refractivity contribution in [3.05, 3.63) is 16.1 Å². The summed E-state index contributed by atoms with van der Waals surface area (Å²) in [6, 6.07) is -2.02. The molecule has 1 aromatic rings. The molecule has 21 heavy (non-hydrogen) atoms. The molecule has 118 valence electrons. The molecule has 2 N–H and O–H groups in total. The zero-order valence-electron chi connectivity index (χ0n) is 11.6. The lowest BCUT2D eigenvalue weighted by atomic mass is 9.91. The van der Waals surface area contributed by atoms with Crippen molar-refractivity contribution in [3.63, 3.8) is 0 Å². The summed E-state index contributed by atoms with van der Waals surface area (Å²) < 4.78 is 36.9. The van der Waals surface area contributed by atoms with Crippen LogP contribution in [0.25, 0.3) is 0 Å². The molecule has 0 aliphatic heterocycles. The van der Waals surface area contributed by atoms with Crippen LogP contribution in [-0.4, -0.2) is 34.2 Å². The molecule has 5 nitrogen and oxygen atoms in total. The summed E-state index contributed by atoms with van der Waals surface area (Å²) in [5.74, 6) is -2.60. The van der Waals surface area contributed by atoms with Gasteiger partial charge in [0.2, 0.25) is 0 Å². The zero-order chi connectivity index (χ0) is 16.4. The molecular formula is C12H15F3N2O3S. The number of aromatic nitrogens is 1. The van der Waals surface area contributed by atoms with E-state index < -0.39 is 35.9 Å². The summed E-state index contributed by atoms with van der Waals surface area (Å²) in [7, 11) is 0. The summed E-state index contributed by atoms with van der Waals surface area (Å²) in [5, 5.41) is 10.7. The minimum absolute atomic E-state index is 0.121. The quantitative estimate of drug-likeness (QED) is 0.892. The van der Waals surface area contributed by atoms with Crippen LogP contribution in [0, 0.1) is 0 Å². The Morgan fingerprint density at radius 2 is 1.95 bits per heavy atom. The average Bonchev–Trinajstić information content (AvgIpc) is 2.74. The molecule has 0 aliphatic rings. The molecule has 9 heteroatoms. The number of hydrogen-bond acceptors (Lipinski definition) is 4. The van der Waals surface area contributed by atoms with E-state index in [0.29, 0.717) is 5.69 Å². The molecule has 1 atom stereocenters. The fraction of sp³-hybridized carbons (Fsp3) is 0.583. The third-order valence-electron chi connectivity index (χ3n) is 2.52. The van der Waals surface area contributed by atoms with E-state index in [1.165, 1.54) is 5.51 Å². The molecule has 0 radical (unpaired) electrons. The Morgan fingerprint density at radius 3 is 2.38 bits per heavy atom. The van der Waals surface area contributed by atoms with Crippen LogP contribution in [0.1, 0.15) is 42.6 Å². The summed E-state index contributed by atoms with van der Waals surface area (Å²) in [4.78, 5) is 27.0. The lowest BCUT2D eigenvalue weighted by molar-refractivity contribution is -0.157. The number of rotatable bonds is 4. The SMILES string of the molecule is CC(C)(C)c1ncsc1C(=O)NC(CC(F)(F)F)C(=O)O. The van der Waals surface area contributed by atoms with Crippen molar-refractivity contribution >= 4 is 23.2 Å². The molecule has 0 saturated heterocycles. The molecule has 0 fully saturated rings. The van der Waals surface area contributed by atoms with Gasteiger partial charge in [0, 0.05) is 5.41 Å². The van der Waals surface area contributed by atoms with Crippen LogP contribution in [0.4, 0.5) is 13.2 Å². The van der Waals surface area contributed by atoms with E-state index in [2.05, 4.69) is 4.98 Å². The Labute approximate surface area is 123 Å². The van der Waals surface area contributed by atoms with Gasteiger partial charge in [0.1, 0.15) is 10.9 Å². The van der Waals surface area contributed by atoms with Crippen molar-refractivity contribution in [2.75, 3.05) is 0 Å². The second kappa shape index (κ2) is 6.00. The summed E-state index contributed by atoms with van der Waals surface area (Å²) in [6.45, 7) is 5.38. The van der Waals surface area contributed by atoms with E-state index in [-0.39, 0.29) is 4.88 Å². The molecule has 1 unspecified atom stereocenters. The fourth-order valence-electron chi connectivity index (χ4n) is 1.60. The van der Waals surface area contributed by atoms with Crippen LogP contribution in [0.15, 0.2) is 5.51 Å². The van der Waals surface area contributed by atoms with E-state index in [1.54, 1.807) is 20.8 Å². The van der Waals surface area contributed by atoms with Crippen molar-refractivity contribution < 1.29 is 27.9 Å². The summed E-state index contributed by atoms with van der Waals surface area (Å²) >= 11 is 0.959. The van der Waals surface area contributed by atoms with Gasteiger partial charge in [0.25, 0.3) is 5.91 Å². The number of halogens is 3. The highest BCUT2D eigenvalue weighted by molar-refractivity contribution is 7.11. The average molecular weight is 324 g/mol. The molecule has 0 saturated carbocycles. The number of carbonyl (C=O) groups is 2. The minimum Gasteiger partial charge on any atom is -0.480 e. The van der Waals surface area contributed by atoms with Gasteiger partial charge in [0.15, 0.2) is 0 Å². The normalized spacial score (nSPS) is 13.8. The molecule has 0 bridgehead atoms. The molecule has 0 aromatic carbocycles. The van der Waals surface area contributed by atoms with Gasteiger partial charge in [-0.2, -0.15) is 13.2 Å². The van der Waals surface area contributed by atoms with Gasteiger partial charge in [-0.3, -0.25) is 4.79 Å². The van der Waals surface area contributed by atoms with E-state index in [4.69, 9.17) is 5.11 Å². The Kier molecular flexibility index (Phi) is 4.98. The molecule has 0 spiro atoms. The van der Waals surface area contributed by atoms with Crippen molar-refractivity contribution in [1.82, 2.24) is 10.3 Å². The van der Waals surface area contributed by atoms with E-state index >= 15 is 0 Å². The van der Waals surface area contributed by atoms with Crippen LogP contribution in [0.2, 0.25) is 0 Å². The molecule has 1 heterocycles. The monoisotopic (exact) mass is 324 g/mol. The van der Waals surface area contributed by atoms with Gasteiger partial charge >= 0.3 is 12.1 Å². The van der Waals surface area contributed by atoms with Gasteiger partial charge < -0.3 is 10.4 Å². The number of carboxylic acid groups (broad SMARTS) is 1. The third-order valence-corrected chi connectivity index (χ3v) is 3.35. The number of nitrogens with one attached hydrogen (secondary N) is 1. The largest absolute Gasteiger partial charge is 0.480 e. The van der Waals surface area contributed by atoms with E-state index in [1.807, 2.05) is 5.32 Å². The Bertz CT molecular complexity index is 535. The van der Waals surface area contributed by atoms with Crippen molar-refractivity contribution in [3.8, 4) is 0 Å². The number of thiazole rings is 1. The van der Waals surface area contributed by atoms with Crippen LogP contribution in [-0.2, 0) is 10.2 Å². The van der Waals surface area contributed by atoms with Crippen LogP contribution in [0.5, 0.6) is 0 Å². The predicted octanol–water partition coefficient (Wildman–Crippen LogP) is 2.58. The number of carbonyl (C=O) groups excluding carboxylic acids is 1.